The largest absolute Gasteiger partial charge is 0.490 e. The Morgan fingerprint density at radius 3 is 2.49 bits per heavy atom. The van der Waals surface area contributed by atoms with Crippen LogP contribution in [0.15, 0.2) is 60.8 Å². The Morgan fingerprint density at radius 2 is 1.76 bits per heavy atom. The second-order valence-electron chi connectivity index (χ2n) is 11.5. The van der Waals surface area contributed by atoms with Crippen molar-refractivity contribution >= 4 is 38.8 Å². The number of aromatic carboxylic acids is 1. The van der Waals surface area contributed by atoms with Gasteiger partial charge in [-0.05, 0) is 93.2 Å². The first-order valence-electron chi connectivity index (χ1n) is 14.4. The number of halogens is 2. The van der Waals surface area contributed by atoms with Crippen LogP contribution in [0, 0.1) is 5.92 Å². The van der Waals surface area contributed by atoms with Crippen molar-refractivity contribution < 1.29 is 23.4 Å². The molecule has 41 heavy (non-hydrogen) atoms. The van der Waals surface area contributed by atoms with E-state index >= 15 is 0 Å². The molecule has 0 unspecified atom stereocenters. The summed E-state index contributed by atoms with van der Waals surface area (Å²) in [5.41, 5.74) is 2.63. The number of benzene rings is 2. The molecule has 2 saturated carbocycles. The molecule has 2 fully saturated rings. The van der Waals surface area contributed by atoms with Gasteiger partial charge in [-0.25, -0.2) is 23.5 Å². The van der Waals surface area contributed by atoms with Crippen LogP contribution in [0.25, 0.3) is 32.8 Å². The minimum atomic E-state index is -2.92. The Hall–Kier alpha value is -4.07. The van der Waals surface area contributed by atoms with Gasteiger partial charge in [-0.3, -0.25) is 0 Å². The Kier molecular flexibility index (Phi) is 6.36. The summed E-state index contributed by atoms with van der Waals surface area (Å²) >= 11 is 0. The molecule has 1 atom stereocenters. The molecule has 0 amide bonds. The first kappa shape index (κ1) is 25.9. The Balaban J connectivity index is 1.22. The topological polar surface area (TPSA) is 77.2 Å². The maximum Gasteiger partial charge on any atom is 0.338 e. The van der Waals surface area contributed by atoms with Gasteiger partial charge >= 0.3 is 5.97 Å². The normalized spacial score (nSPS) is 20.2. The SMILES string of the molecule is C[C@H](C1CCC(c2cc(OC3CC3)cc3nc4ccccc4cc23)CC1)n1c(C(F)F)c(C(=O)O)c2cccnc21. The maximum atomic E-state index is 14.4. The molecule has 1 N–H and O–H groups in total. The van der Waals surface area contributed by atoms with Gasteiger partial charge in [-0.2, -0.15) is 0 Å². The predicted octanol–water partition coefficient (Wildman–Crippen LogP) is 8.45. The molecule has 2 aliphatic carbocycles. The molecule has 2 aromatic carbocycles. The summed E-state index contributed by atoms with van der Waals surface area (Å²) in [6.45, 7) is 1.92. The summed E-state index contributed by atoms with van der Waals surface area (Å²) in [6, 6.07) is 17.4. The molecule has 3 aromatic heterocycles. The highest BCUT2D eigenvalue weighted by Crippen LogP contribution is 2.46. The first-order valence-corrected chi connectivity index (χ1v) is 14.4. The summed E-state index contributed by atoms with van der Waals surface area (Å²) in [6.07, 6.45) is 4.50. The van der Waals surface area contributed by atoms with Gasteiger partial charge in [0.1, 0.15) is 17.1 Å². The Morgan fingerprint density at radius 1 is 0.976 bits per heavy atom. The first-order chi connectivity index (χ1) is 19.9. The van der Waals surface area contributed by atoms with E-state index in [4.69, 9.17) is 9.72 Å². The number of pyridine rings is 2. The lowest BCUT2D eigenvalue weighted by Crippen LogP contribution is -2.24. The van der Waals surface area contributed by atoms with Crippen LogP contribution in [-0.4, -0.2) is 31.7 Å². The van der Waals surface area contributed by atoms with E-state index in [0.717, 1.165) is 66.1 Å². The molecule has 2 aliphatic rings. The van der Waals surface area contributed by atoms with E-state index in [-0.39, 0.29) is 34.9 Å². The van der Waals surface area contributed by atoms with E-state index < -0.39 is 18.1 Å². The second-order valence-corrected chi connectivity index (χ2v) is 11.5. The van der Waals surface area contributed by atoms with Gasteiger partial charge in [0, 0.05) is 34.5 Å². The van der Waals surface area contributed by atoms with Gasteiger partial charge in [0.05, 0.1) is 22.7 Å². The van der Waals surface area contributed by atoms with Crippen LogP contribution in [0.5, 0.6) is 5.75 Å². The lowest BCUT2D eigenvalue weighted by molar-refractivity contribution is 0.0682. The molecule has 8 heteroatoms. The zero-order valence-electron chi connectivity index (χ0n) is 22.8. The van der Waals surface area contributed by atoms with E-state index in [9.17, 15) is 18.7 Å². The second kappa shape index (κ2) is 10.1. The van der Waals surface area contributed by atoms with Crippen LogP contribution in [0.1, 0.15) is 85.4 Å². The number of rotatable bonds is 7. The minimum Gasteiger partial charge on any atom is -0.490 e. The number of carboxylic acids is 1. The number of alkyl halides is 2. The van der Waals surface area contributed by atoms with E-state index in [1.807, 2.05) is 31.2 Å². The van der Waals surface area contributed by atoms with Gasteiger partial charge in [0.2, 0.25) is 0 Å². The van der Waals surface area contributed by atoms with E-state index in [2.05, 4.69) is 23.2 Å². The van der Waals surface area contributed by atoms with Crippen LogP contribution in [-0.2, 0) is 0 Å². The van der Waals surface area contributed by atoms with Crippen molar-refractivity contribution in [2.45, 2.75) is 69.9 Å². The fourth-order valence-corrected chi connectivity index (χ4v) is 6.79. The number of nitrogens with zero attached hydrogens (tertiary/aromatic N) is 3. The molecular weight excluding hydrogens is 524 g/mol. The number of aromatic nitrogens is 3. The fourth-order valence-electron chi connectivity index (χ4n) is 6.79. The molecule has 0 saturated heterocycles. The minimum absolute atomic E-state index is 0.110. The lowest BCUT2D eigenvalue weighted by Gasteiger charge is -2.34. The molecule has 0 radical (unpaired) electrons. The van der Waals surface area contributed by atoms with E-state index in [1.54, 1.807) is 12.1 Å². The number of ether oxygens (including phenoxy) is 1. The highest BCUT2D eigenvalue weighted by molar-refractivity contribution is 6.04. The summed E-state index contributed by atoms with van der Waals surface area (Å²) in [5, 5.41) is 12.3. The van der Waals surface area contributed by atoms with Crippen LogP contribution in [0.4, 0.5) is 8.78 Å². The highest BCUT2D eigenvalue weighted by Gasteiger charge is 2.35. The number of fused-ring (bicyclic) bond motifs is 3. The average molecular weight is 556 g/mol. The molecule has 0 bridgehead atoms. The van der Waals surface area contributed by atoms with Gasteiger partial charge in [-0.1, -0.05) is 18.2 Å². The molecule has 3 heterocycles. The molecule has 0 spiro atoms. The summed E-state index contributed by atoms with van der Waals surface area (Å²) in [5.74, 6) is -0.0929. The standard InChI is InChI=1S/C33H31F2N3O3/c1-18(38-30(31(34)35)29(33(39)40)24-6-4-14-36-32(24)38)19-8-10-20(11-9-19)25-16-23(41-22-12-13-22)17-28-26(25)15-21-5-2-3-7-27(21)37-28/h2-7,14-20,22,31H,8-13H2,1H3,(H,39,40)/t18-,19?,20?/m1/s1. The molecule has 210 valence electrons. The highest BCUT2D eigenvalue weighted by atomic mass is 19.3. The van der Waals surface area contributed by atoms with Crippen LogP contribution in [0.3, 0.4) is 0 Å². The van der Waals surface area contributed by atoms with Crippen LogP contribution in [0.2, 0.25) is 0 Å². The van der Waals surface area contributed by atoms with Crippen molar-refractivity contribution in [3.8, 4) is 5.75 Å². The summed E-state index contributed by atoms with van der Waals surface area (Å²) in [7, 11) is 0. The van der Waals surface area contributed by atoms with Crippen molar-refractivity contribution in [1.82, 2.24) is 14.5 Å². The van der Waals surface area contributed by atoms with Crippen molar-refractivity contribution in [3.63, 3.8) is 0 Å². The van der Waals surface area contributed by atoms with Gasteiger partial charge in [0.25, 0.3) is 6.43 Å². The van der Waals surface area contributed by atoms with Crippen LogP contribution < -0.4 is 4.74 Å². The molecular formula is C33H31F2N3O3. The monoisotopic (exact) mass is 555 g/mol. The number of carbonyl (C=O) groups is 1. The third kappa shape index (κ3) is 4.59. The lowest BCUT2D eigenvalue weighted by atomic mass is 9.75. The van der Waals surface area contributed by atoms with Crippen molar-refractivity contribution in [1.29, 1.82) is 0 Å². The number of hydrogen-bond acceptors (Lipinski definition) is 4. The smallest absolute Gasteiger partial charge is 0.338 e. The zero-order chi connectivity index (χ0) is 28.2. The van der Waals surface area contributed by atoms with Crippen molar-refractivity contribution in [2.75, 3.05) is 0 Å². The van der Waals surface area contributed by atoms with Crippen LogP contribution >= 0.6 is 0 Å². The molecule has 6 nitrogen and oxygen atoms in total. The Bertz CT molecular complexity index is 1790. The quantitative estimate of drug-likeness (QED) is 0.204. The Labute approximate surface area is 236 Å². The van der Waals surface area contributed by atoms with E-state index in [1.165, 1.54) is 16.3 Å². The maximum absolute atomic E-state index is 14.4. The van der Waals surface area contributed by atoms with Gasteiger partial charge in [0.15, 0.2) is 0 Å². The number of carboxylic acid groups (broad SMARTS) is 1. The van der Waals surface area contributed by atoms with Gasteiger partial charge in [-0.15, -0.1) is 0 Å². The van der Waals surface area contributed by atoms with Crippen molar-refractivity contribution in [2.24, 2.45) is 5.92 Å². The molecule has 0 aliphatic heterocycles. The van der Waals surface area contributed by atoms with Crippen molar-refractivity contribution in [3.05, 3.63) is 77.6 Å². The third-order valence-corrected chi connectivity index (χ3v) is 8.99. The summed E-state index contributed by atoms with van der Waals surface area (Å²) < 4.78 is 36.4. The number of para-hydroxylation sites is 1. The number of hydrogen-bond donors (Lipinski definition) is 1. The molecule has 7 rings (SSSR count). The summed E-state index contributed by atoms with van der Waals surface area (Å²) in [4.78, 5) is 21.4. The zero-order valence-corrected chi connectivity index (χ0v) is 22.8. The fraction of sp³-hybridized carbons (Fsp3) is 0.364. The average Bonchev–Trinajstić information content (AvgIpc) is 3.72. The van der Waals surface area contributed by atoms with E-state index in [0.29, 0.717) is 5.65 Å². The third-order valence-electron chi connectivity index (χ3n) is 8.99. The molecule has 5 aromatic rings. The predicted molar refractivity (Wildman–Crippen MR) is 154 cm³/mol. The van der Waals surface area contributed by atoms with Gasteiger partial charge < -0.3 is 14.4 Å².